The van der Waals surface area contributed by atoms with Crippen LogP contribution >= 0.6 is 11.8 Å². The first-order chi connectivity index (χ1) is 16.8. The van der Waals surface area contributed by atoms with Crippen LogP contribution in [0.15, 0.2) is 88.7 Å². The number of carboxylic acid groups (broad SMARTS) is 2. The molecule has 0 saturated heterocycles. The quantitative estimate of drug-likeness (QED) is 0.444. The van der Waals surface area contributed by atoms with Crippen LogP contribution in [-0.4, -0.2) is 60.1 Å². The number of amides is 1. The largest absolute Gasteiger partial charge is 0.473 e. The smallest absolute Gasteiger partial charge is 0.414 e. The van der Waals surface area contributed by atoms with E-state index in [4.69, 9.17) is 19.8 Å². The molecule has 0 fully saturated rings. The lowest BCUT2D eigenvalue weighted by Crippen LogP contribution is -2.39. The molecule has 8 nitrogen and oxygen atoms in total. The molecule has 0 saturated carbocycles. The summed E-state index contributed by atoms with van der Waals surface area (Å²) < 4.78 is 0. The first-order valence-corrected chi connectivity index (χ1v) is 11.7. The molecule has 0 aromatic heterocycles. The van der Waals surface area contributed by atoms with E-state index in [-0.39, 0.29) is 18.5 Å². The van der Waals surface area contributed by atoms with Gasteiger partial charge in [0.15, 0.2) is 0 Å². The molecule has 1 unspecified atom stereocenters. The van der Waals surface area contributed by atoms with Gasteiger partial charge in [0.1, 0.15) is 0 Å². The Labute approximate surface area is 208 Å². The number of benzene rings is 3. The number of hydrogen-bond donors (Lipinski definition) is 3. The van der Waals surface area contributed by atoms with Crippen LogP contribution in [0.25, 0.3) is 0 Å². The van der Waals surface area contributed by atoms with Gasteiger partial charge in [-0.15, -0.1) is 0 Å². The van der Waals surface area contributed by atoms with Crippen LogP contribution in [-0.2, 0) is 14.4 Å². The van der Waals surface area contributed by atoms with Gasteiger partial charge in [0, 0.05) is 22.4 Å². The van der Waals surface area contributed by atoms with Crippen molar-refractivity contribution >= 4 is 41.0 Å². The van der Waals surface area contributed by atoms with Gasteiger partial charge in [0.05, 0.1) is 17.9 Å². The molecule has 1 amide bonds. The Hall–Kier alpha value is -3.66. The Morgan fingerprint density at radius 1 is 0.829 bits per heavy atom. The highest BCUT2D eigenvalue weighted by Crippen LogP contribution is 2.47. The van der Waals surface area contributed by atoms with Crippen molar-refractivity contribution in [3.63, 3.8) is 0 Å². The maximum Gasteiger partial charge on any atom is 0.414 e. The third-order valence-electron chi connectivity index (χ3n) is 5.29. The first kappa shape index (κ1) is 26.0. The number of hydrogen-bond acceptors (Lipinski definition) is 6. The maximum absolute atomic E-state index is 13.3. The number of carbonyl (C=O) groups is 3. The van der Waals surface area contributed by atoms with E-state index in [9.17, 15) is 4.79 Å². The maximum atomic E-state index is 13.3. The van der Waals surface area contributed by atoms with E-state index in [0.717, 1.165) is 21.2 Å². The fourth-order valence-corrected chi connectivity index (χ4v) is 4.70. The summed E-state index contributed by atoms with van der Waals surface area (Å²) in [5, 5.41) is 18.2. The van der Waals surface area contributed by atoms with E-state index in [1.807, 2.05) is 47.4 Å². The molecule has 3 aromatic carbocycles. The third kappa shape index (κ3) is 6.69. The number of rotatable bonds is 6. The molecule has 0 bridgehead atoms. The van der Waals surface area contributed by atoms with Crippen LogP contribution in [0.1, 0.15) is 11.6 Å². The molecule has 0 spiro atoms. The van der Waals surface area contributed by atoms with Crippen molar-refractivity contribution < 1.29 is 24.6 Å². The van der Waals surface area contributed by atoms with Gasteiger partial charge in [-0.05, 0) is 43.9 Å². The number of carboxylic acids is 2. The zero-order valence-electron chi connectivity index (χ0n) is 19.4. The van der Waals surface area contributed by atoms with Gasteiger partial charge >= 0.3 is 11.9 Å². The summed E-state index contributed by atoms with van der Waals surface area (Å²) in [4.78, 5) is 37.7. The van der Waals surface area contributed by atoms with E-state index < -0.39 is 11.9 Å². The Kier molecular flexibility index (Phi) is 9.02. The van der Waals surface area contributed by atoms with Crippen molar-refractivity contribution in [1.29, 1.82) is 0 Å². The predicted octanol–water partition coefficient (Wildman–Crippen LogP) is 3.86. The van der Waals surface area contributed by atoms with E-state index in [1.54, 1.807) is 11.8 Å². The number of aliphatic carboxylic acids is 2. The second-order valence-corrected chi connectivity index (χ2v) is 8.98. The zero-order valence-corrected chi connectivity index (χ0v) is 20.2. The van der Waals surface area contributed by atoms with Crippen LogP contribution in [0.5, 0.6) is 0 Å². The van der Waals surface area contributed by atoms with Gasteiger partial charge in [0.25, 0.3) is 0 Å². The fourth-order valence-electron chi connectivity index (χ4n) is 3.64. The summed E-state index contributed by atoms with van der Waals surface area (Å²) in [6.07, 6.45) is 0. The molecule has 1 heterocycles. The molecular formula is C26H27N3O5S. The number of carbonyl (C=O) groups excluding carboxylic acids is 1. The molecule has 182 valence electrons. The summed E-state index contributed by atoms with van der Waals surface area (Å²) >= 11 is 1.71. The third-order valence-corrected chi connectivity index (χ3v) is 6.42. The summed E-state index contributed by atoms with van der Waals surface area (Å²) in [6, 6.07) is 26.8. The first-order valence-electron chi connectivity index (χ1n) is 10.9. The second-order valence-electron chi connectivity index (χ2n) is 7.90. The summed E-state index contributed by atoms with van der Waals surface area (Å²) in [5.41, 5.74) is 3.15. The van der Waals surface area contributed by atoms with E-state index in [1.165, 1.54) is 5.56 Å². The molecule has 0 aliphatic carbocycles. The molecule has 3 aromatic rings. The van der Waals surface area contributed by atoms with Gasteiger partial charge in [-0.2, -0.15) is 0 Å². The molecular weight excluding hydrogens is 466 g/mol. The highest BCUT2D eigenvalue weighted by atomic mass is 32.2. The SMILES string of the molecule is CN(C)C(CNCC(=O)N1c2ccccc2Sc2ccccc21)c1ccccc1.O=C(O)C(=O)O. The van der Waals surface area contributed by atoms with Crippen molar-refractivity contribution in [2.75, 3.05) is 32.1 Å². The van der Waals surface area contributed by atoms with Crippen molar-refractivity contribution in [2.24, 2.45) is 0 Å². The van der Waals surface area contributed by atoms with Gasteiger partial charge in [0.2, 0.25) is 5.91 Å². The molecule has 1 aliphatic rings. The Morgan fingerprint density at radius 3 is 1.80 bits per heavy atom. The Balaban J connectivity index is 0.000000509. The minimum absolute atomic E-state index is 0.0516. The summed E-state index contributed by atoms with van der Waals surface area (Å²) in [7, 11) is 4.13. The van der Waals surface area contributed by atoms with Crippen LogP contribution < -0.4 is 10.2 Å². The lowest BCUT2D eigenvalue weighted by atomic mass is 10.1. The van der Waals surface area contributed by atoms with Crippen molar-refractivity contribution in [2.45, 2.75) is 15.8 Å². The molecule has 9 heteroatoms. The zero-order chi connectivity index (χ0) is 25.4. The van der Waals surface area contributed by atoms with Crippen molar-refractivity contribution in [3.05, 3.63) is 84.4 Å². The molecule has 0 radical (unpaired) electrons. The van der Waals surface area contributed by atoms with Crippen molar-refractivity contribution in [3.8, 4) is 0 Å². The molecule has 1 atom stereocenters. The van der Waals surface area contributed by atoms with Crippen LogP contribution in [0.3, 0.4) is 0 Å². The average Bonchev–Trinajstić information content (AvgIpc) is 2.85. The molecule has 35 heavy (non-hydrogen) atoms. The number of anilines is 2. The van der Waals surface area contributed by atoms with Gasteiger partial charge < -0.3 is 20.4 Å². The minimum atomic E-state index is -1.82. The number of fused-ring (bicyclic) bond motifs is 2. The number of likely N-dealkylation sites (N-methyl/N-ethyl adjacent to an activating group) is 1. The van der Waals surface area contributed by atoms with Gasteiger partial charge in [-0.25, -0.2) is 9.59 Å². The van der Waals surface area contributed by atoms with Crippen LogP contribution in [0.2, 0.25) is 0 Å². The monoisotopic (exact) mass is 493 g/mol. The highest BCUT2D eigenvalue weighted by Gasteiger charge is 2.27. The van der Waals surface area contributed by atoms with Crippen LogP contribution in [0, 0.1) is 0 Å². The molecule has 1 aliphatic heterocycles. The Bertz CT molecular complexity index is 1130. The highest BCUT2D eigenvalue weighted by molar-refractivity contribution is 7.99. The number of nitrogens with zero attached hydrogens (tertiary/aromatic N) is 2. The van der Waals surface area contributed by atoms with Gasteiger partial charge in [-0.1, -0.05) is 66.4 Å². The van der Waals surface area contributed by atoms with E-state index in [0.29, 0.717) is 6.54 Å². The lowest BCUT2D eigenvalue weighted by molar-refractivity contribution is -0.159. The number of para-hydroxylation sites is 2. The lowest BCUT2D eigenvalue weighted by Gasteiger charge is -2.31. The van der Waals surface area contributed by atoms with E-state index in [2.05, 4.69) is 60.7 Å². The predicted molar refractivity (Wildman–Crippen MR) is 135 cm³/mol. The van der Waals surface area contributed by atoms with Gasteiger partial charge in [-0.3, -0.25) is 9.69 Å². The average molecular weight is 494 g/mol. The van der Waals surface area contributed by atoms with Crippen LogP contribution in [0.4, 0.5) is 11.4 Å². The number of nitrogens with one attached hydrogen (secondary N) is 1. The summed E-state index contributed by atoms with van der Waals surface area (Å²) in [6.45, 7) is 0.985. The standard InChI is InChI=1S/C24H25N3OS.C2H2O4/c1-26(2)21(18-10-4-3-5-11-18)16-25-17-24(28)27-19-12-6-8-14-22(19)29-23-15-9-7-13-20(23)27;3-1(4)2(5)6/h3-15,21,25H,16-17H2,1-2H3;(H,3,4)(H,5,6). The second kappa shape index (κ2) is 12.2. The fraction of sp³-hybridized carbons (Fsp3) is 0.192. The summed E-state index contributed by atoms with van der Waals surface area (Å²) in [5.74, 6) is -3.60. The Morgan fingerprint density at radius 2 is 1.31 bits per heavy atom. The minimum Gasteiger partial charge on any atom is -0.473 e. The molecule has 4 rings (SSSR count). The normalized spacial score (nSPS) is 12.6. The topological polar surface area (TPSA) is 110 Å². The van der Waals surface area contributed by atoms with E-state index >= 15 is 0 Å². The van der Waals surface area contributed by atoms with Crippen molar-refractivity contribution in [1.82, 2.24) is 10.2 Å². The molecule has 3 N–H and O–H groups in total.